The average molecular weight is 303 g/mol. The zero-order valence-electron chi connectivity index (χ0n) is 12.4. The predicted octanol–water partition coefficient (Wildman–Crippen LogP) is 2.11. The highest BCUT2D eigenvalue weighted by Crippen LogP contribution is 2.23. The monoisotopic (exact) mass is 303 g/mol. The molecule has 0 unspecified atom stereocenters. The Kier molecular flexibility index (Phi) is 2.87. The highest BCUT2D eigenvalue weighted by Gasteiger charge is 2.12. The Bertz CT molecular complexity index is 1190. The molecule has 0 bridgehead atoms. The fraction of sp³-hybridized carbons (Fsp3) is 0.0556. The van der Waals surface area contributed by atoms with E-state index in [-0.39, 0.29) is 11.3 Å². The van der Waals surface area contributed by atoms with Crippen molar-refractivity contribution in [2.45, 2.75) is 6.92 Å². The number of hydrogen-bond acceptors (Lipinski definition) is 4. The van der Waals surface area contributed by atoms with Crippen molar-refractivity contribution < 1.29 is 5.11 Å². The van der Waals surface area contributed by atoms with Crippen LogP contribution >= 0.6 is 0 Å². The van der Waals surface area contributed by atoms with Crippen LogP contribution in [-0.2, 0) is 0 Å². The zero-order chi connectivity index (χ0) is 16.0. The van der Waals surface area contributed by atoms with Crippen LogP contribution in [0, 0.1) is 10.4 Å². The Balaban J connectivity index is 2.31. The van der Waals surface area contributed by atoms with Gasteiger partial charge in [0.1, 0.15) is 0 Å². The molecule has 0 atom stereocenters. The van der Waals surface area contributed by atoms with E-state index in [9.17, 15) is 9.90 Å². The van der Waals surface area contributed by atoms with E-state index in [0.29, 0.717) is 16.1 Å². The normalized spacial score (nSPS) is 12.7. The third kappa shape index (κ3) is 2.05. The molecule has 112 valence electrons. The van der Waals surface area contributed by atoms with Gasteiger partial charge in [-0.1, -0.05) is 30.3 Å². The smallest absolute Gasteiger partial charge is 0.272 e. The highest BCUT2D eigenvalue weighted by molar-refractivity contribution is 5.74. The van der Waals surface area contributed by atoms with E-state index < -0.39 is 0 Å². The van der Waals surface area contributed by atoms with Gasteiger partial charge >= 0.3 is 0 Å². The molecule has 0 aromatic heterocycles. The second-order valence-corrected chi connectivity index (χ2v) is 5.44. The van der Waals surface area contributed by atoms with Crippen molar-refractivity contribution >= 4 is 16.7 Å². The SMILES string of the molecule is CC(O)=c1cc2nc(-c3ccccc3)c3cn[nH]c(=O)c(c1)c2=3. The lowest BCUT2D eigenvalue weighted by molar-refractivity contribution is 0.499. The van der Waals surface area contributed by atoms with E-state index >= 15 is 0 Å². The molecule has 0 saturated heterocycles. The van der Waals surface area contributed by atoms with Gasteiger partial charge in [-0.2, -0.15) is 5.10 Å². The average Bonchev–Trinajstić information content (AvgIpc) is 2.84. The highest BCUT2D eigenvalue weighted by atomic mass is 16.3. The summed E-state index contributed by atoms with van der Waals surface area (Å²) in [6.07, 6.45) is 1.63. The first-order valence-electron chi connectivity index (χ1n) is 7.21. The Morgan fingerprint density at radius 1 is 1.17 bits per heavy atom. The Hall–Kier alpha value is -3.21. The van der Waals surface area contributed by atoms with E-state index in [1.165, 1.54) is 0 Å². The first kappa shape index (κ1) is 13.5. The molecule has 4 rings (SSSR count). The van der Waals surface area contributed by atoms with Gasteiger partial charge in [-0.25, -0.2) is 10.1 Å². The maximum Gasteiger partial charge on any atom is 0.272 e. The van der Waals surface area contributed by atoms with Crippen LogP contribution in [0.3, 0.4) is 0 Å². The van der Waals surface area contributed by atoms with Crippen LogP contribution in [0.25, 0.3) is 27.9 Å². The third-order valence-corrected chi connectivity index (χ3v) is 3.94. The zero-order valence-corrected chi connectivity index (χ0v) is 12.4. The van der Waals surface area contributed by atoms with Crippen LogP contribution in [-0.4, -0.2) is 20.3 Å². The lowest BCUT2D eigenvalue weighted by Crippen LogP contribution is -2.10. The molecule has 2 N–H and O–H groups in total. The van der Waals surface area contributed by atoms with Crippen molar-refractivity contribution in [3.63, 3.8) is 0 Å². The van der Waals surface area contributed by atoms with E-state index in [1.807, 2.05) is 30.3 Å². The van der Waals surface area contributed by atoms with E-state index in [4.69, 9.17) is 0 Å². The molecule has 2 aliphatic heterocycles. The van der Waals surface area contributed by atoms with Gasteiger partial charge in [0, 0.05) is 21.2 Å². The topological polar surface area (TPSA) is 78.9 Å². The number of H-pyrrole nitrogens is 1. The molecule has 0 aliphatic carbocycles. The number of aliphatic hydroxyl groups is 1. The van der Waals surface area contributed by atoms with Crippen LogP contribution < -0.4 is 10.8 Å². The van der Waals surface area contributed by atoms with Gasteiger partial charge in [0.25, 0.3) is 5.56 Å². The number of benzene rings is 2. The Labute approximate surface area is 130 Å². The fourth-order valence-electron chi connectivity index (χ4n) is 2.84. The van der Waals surface area contributed by atoms with Crippen molar-refractivity contribution in [2.24, 2.45) is 0 Å². The summed E-state index contributed by atoms with van der Waals surface area (Å²) in [5, 5.41) is 18.9. The van der Waals surface area contributed by atoms with Gasteiger partial charge < -0.3 is 5.11 Å². The van der Waals surface area contributed by atoms with E-state index in [1.54, 1.807) is 25.3 Å². The minimum absolute atomic E-state index is 0.145. The molecule has 0 fully saturated rings. The quantitative estimate of drug-likeness (QED) is 0.564. The number of aromatic amines is 1. The van der Waals surface area contributed by atoms with Crippen molar-refractivity contribution in [2.75, 3.05) is 0 Å². The maximum atomic E-state index is 12.3. The second kappa shape index (κ2) is 4.91. The largest absolute Gasteiger partial charge is 0.512 e. The summed E-state index contributed by atoms with van der Waals surface area (Å²) in [6, 6.07) is 13.2. The van der Waals surface area contributed by atoms with Crippen LogP contribution in [0.1, 0.15) is 6.92 Å². The second-order valence-electron chi connectivity index (χ2n) is 5.44. The standard InChI is InChI=1S/C18H13N3O2/c1-10(22)12-7-13-16-14(9-19-21-18(13)23)17(20-15(16)8-12)11-5-3-2-4-6-11/h2-9,22H,1H3,(H,21,23). The molecule has 0 radical (unpaired) electrons. The first-order valence-corrected chi connectivity index (χ1v) is 7.21. The Morgan fingerprint density at radius 3 is 2.70 bits per heavy atom. The first-order chi connectivity index (χ1) is 11.1. The summed E-state index contributed by atoms with van der Waals surface area (Å²) in [7, 11) is 0. The number of hydrogen-bond donors (Lipinski definition) is 2. The van der Waals surface area contributed by atoms with Gasteiger partial charge in [0.15, 0.2) is 0 Å². The lowest BCUT2D eigenvalue weighted by Gasteiger charge is -1.95. The molecule has 2 aliphatic rings. The molecule has 0 spiro atoms. The van der Waals surface area contributed by atoms with Gasteiger partial charge in [-0.15, -0.1) is 0 Å². The van der Waals surface area contributed by atoms with Gasteiger partial charge in [0.05, 0.1) is 28.6 Å². The summed E-state index contributed by atoms with van der Waals surface area (Å²) in [5.41, 5.74) is 2.09. The molecule has 0 amide bonds. The van der Waals surface area contributed by atoms with Crippen molar-refractivity contribution in [1.29, 1.82) is 0 Å². The number of nitrogens with zero attached hydrogens (tertiary/aromatic N) is 2. The molecular weight excluding hydrogens is 290 g/mol. The van der Waals surface area contributed by atoms with Gasteiger partial charge in [-0.05, 0) is 19.1 Å². The summed E-state index contributed by atoms with van der Waals surface area (Å²) >= 11 is 0. The molecule has 2 aromatic rings. The number of aromatic nitrogens is 3. The Morgan fingerprint density at radius 2 is 1.96 bits per heavy atom. The van der Waals surface area contributed by atoms with Crippen LogP contribution in [0.5, 0.6) is 0 Å². The molecule has 0 saturated carbocycles. The van der Waals surface area contributed by atoms with E-state index in [0.717, 1.165) is 21.7 Å². The molecular formula is C18H13N3O2. The predicted molar refractivity (Wildman–Crippen MR) is 87.8 cm³/mol. The molecule has 2 aromatic carbocycles. The van der Waals surface area contributed by atoms with Crippen LogP contribution in [0.2, 0.25) is 0 Å². The number of rotatable bonds is 1. The van der Waals surface area contributed by atoms with E-state index in [2.05, 4.69) is 15.2 Å². The van der Waals surface area contributed by atoms with Gasteiger partial charge in [0.2, 0.25) is 0 Å². The minimum atomic E-state index is -0.305. The summed E-state index contributed by atoms with van der Waals surface area (Å²) in [4.78, 5) is 16.9. The van der Waals surface area contributed by atoms with Gasteiger partial charge in [-0.3, -0.25) is 4.79 Å². The number of nitrogens with one attached hydrogen (secondary N) is 1. The van der Waals surface area contributed by atoms with Crippen molar-refractivity contribution in [3.05, 3.63) is 74.7 Å². The minimum Gasteiger partial charge on any atom is -0.512 e. The lowest BCUT2D eigenvalue weighted by atomic mass is 10.1. The summed E-state index contributed by atoms with van der Waals surface area (Å²) in [5.74, 6) is 0.145. The summed E-state index contributed by atoms with van der Waals surface area (Å²) in [6.45, 7) is 1.58. The molecule has 2 heterocycles. The van der Waals surface area contributed by atoms with Crippen molar-refractivity contribution in [3.8, 4) is 11.3 Å². The maximum absolute atomic E-state index is 12.3. The van der Waals surface area contributed by atoms with Crippen LogP contribution in [0.4, 0.5) is 0 Å². The molecule has 5 heteroatoms. The van der Waals surface area contributed by atoms with Crippen LogP contribution in [0.15, 0.2) is 53.5 Å². The third-order valence-electron chi connectivity index (χ3n) is 3.94. The summed E-state index contributed by atoms with van der Waals surface area (Å²) < 4.78 is 0. The number of aliphatic hydroxyl groups excluding tert-OH is 1. The molecule has 5 nitrogen and oxygen atoms in total. The van der Waals surface area contributed by atoms with Crippen molar-refractivity contribution in [1.82, 2.24) is 15.2 Å². The molecule has 23 heavy (non-hydrogen) atoms. The fourth-order valence-corrected chi connectivity index (χ4v) is 2.84.